The molecule has 1 saturated heterocycles. The summed E-state index contributed by atoms with van der Waals surface area (Å²) in [5.74, 6) is 0.0759. The summed E-state index contributed by atoms with van der Waals surface area (Å²) in [6.07, 6.45) is 3.62. The first kappa shape index (κ1) is 15.2. The molecule has 0 aromatic rings. The Hall–Kier alpha value is -0.210. The highest BCUT2D eigenvalue weighted by Gasteiger charge is 2.41. The third-order valence-electron chi connectivity index (χ3n) is 3.83. The van der Waals surface area contributed by atoms with E-state index in [1.54, 1.807) is 11.4 Å². The molecule has 1 atom stereocenters. The van der Waals surface area contributed by atoms with Crippen LogP contribution in [0, 0.1) is 5.92 Å². The summed E-state index contributed by atoms with van der Waals surface area (Å²) in [6, 6.07) is 0.148. The highest BCUT2D eigenvalue weighted by atomic mass is 32.2. The van der Waals surface area contributed by atoms with Gasteiger partial charge in [-0.15, -0.1) is 0 Å². The summed E-state index contributed by atoms with van der Waals surface area (Å²) in [5.41, 5.74) is 0. The number of rotatable bonds is 7. The van der Waals surface area contributed by atoms with Crippen LogP contribution in [0.2, 0.25) is 0 Å². The number of piperidine rings is 1. The van der Waals surface area contributed by atoms with Crippen LogP contribution in [0.3, 0.4) is 0 Å². The predicted molar refractivity (Wildman–Crippen MR) is 71.9 cm³/mol. The van der Waals surface area contributed by atoms with Crippen molar-refractivity contribution < 1.29 is 18.3 Å². The van der Waals surface area contributed by atoms with Gasteiger partial charge in [0.15, 0.2) is 0 Å². The monoisotopic (exact) mass is 292 g/mol. The van der Waals surface area contributed by atoms with Crippen molar-refractivity contribution in [3.05, 3.63) is 0 Å². The maximum Gasteiger partial charge on any atom is 0.282 e. The Bertz CT molecular complexity index is 383. The molecule has 1 unspecified atom stereocenters. The minimum absolute atomic E-state index is 0.0630. The molecule has 0 spiro atoms. The van der Waals surface area contributed by atoms with Gasteiger partial charge in [0, 0.05) is 39.4 Å². The van der Waals surface area contributed by atoms with Gasteiger partial charge in [-0.2, -0.15) is 17.0 Å². The molecule has 19 heavy (non-hydrogen) atoms. The molecule has 1 N–H and O–H groups in total. The Morgan fingerprint density at radius 1 is 1.37 bits per heavy atom. The summed E-state index contributed by atoms with van der Waals surface area (Å²) < 4.78 is 33.4. The molecule has 1 saturated carbocycles. The highest BCUT2D eigenvalue weighted by Crippen LogP contribution is 2.31. The fourth-order valence-electron chi connectivity index (χ4n) is 2.56. The van der Waals surface area contributed by atoms with E-state index < -0.39 is 10.2 Å². The first-order valence-electron chi connectivity index (χ1n) is 6.96. The lowest BCUT2D eigenvalue weighted by molar-refractivity contribution is 0.152. The molecule has 2 aliphatic rings. The van der Waals surface area contributed by atoms with Crippen molar-refractivity contribution in [2.24, 2.45) is 5.92 Å². The van der Waals surface area contributed by atoms with Gasteiger partial charge in [-0.05, 0) is 31.6 Å². The summed E-state index contributed by atoms with van der Waals surface area (Å²) >= 11 is 0. The van der Waals surface area contributed by atoms with E-state index in [4.69, 9.17) is 4.74 Å². The second-order valence-electron chi connectivity index (χ2n) is 5.39. The molecule has 0 bridgehead atoms. The number of methoxy groups -OCH3 is 1. The lowest BCUT2D eigenvalue weighted by Gasteiger charge is -2.35. The van der Waals surface area contributed by atoms with Gasteiger partial charge in [0.25, 0.3) is 10.2 Å². The lowest BCUT2D eigenvalue weighted by Crippen LogP contribution is -2.50. The molecule has 0 aromatic carbocycles. The zero-order valence-electron chi connectivity index (χ0n) is 11.5. The Morgan fingerprint density at radius 2 is 2.11 bits per heavy atom. The smallest absolute Gasteiger partial charge is 0.282 e. The molecule has 0 amide bonds. The van der Waals surface area contributed by atoms with Crippen LogP contribution in [-0.2, 0) is 14.9 Å². The van der Waals surface area contributed by atoms with Crippen molar-refractivity contribution >= 4 is 10.2 Å². The Morgan fingerprint density at radius 3 is 2.68 bits per heavy atom. The van der Waals surface area contributed by atoms with Gasteiger partial charge in [-0.3, -0.25) is 0 Å². The van der Waals surface area contributed by atoms with Crippen LogP contribution in [0.15, 0.2) is 0 Å². The van der Waals surface area contributed by atoms with E-state index in [2.05, 4.69) is 0 Å². The lowest BCUT2D eigenvalue weighted by atomic mass is 10.0. The van der Waals surface area contributed by atoms with Gasteiger partial charge in [0.1, 0.15) is 0 Å². The number of aliphatic hydroxyl groups is 1. The second kappa shape index (κ2) is 6.49. The molecule has 1 heterocycles. The van der Waals surface area contributed by atoms with Crippen LogP contribution >= 0.6 is 0 Å². The van der Waals surface area contributed by atoms with Crippen LogP contribution in [0.1, 0.15) is 25.7 Å². The van der Waals surface area contributed by atoms with Crippen LogP contribution in [0.4, 0.5) is 0 Å². The van der Waals surface area contributed by atoms with E-state index in [0.29, 0.717) is 26.2 Å². The highest BCUT2D eigenvalue weighted by molar-refractivity contribution is 7.86. The minimum atomic E-state index is -3.40. The van der Waals surface area contributed by atoms with E-state index in [-0.39, 0.29) is 18.6 Å². The molecule has 1 aliphatic heterocycles. The van der Waals surface area contributed by atoms with Gasteiger partial charge >= 0.3 is 0 Å². The summed E-state index contributed by atoms with van der Waals surface area (Å²) in [4.78, 5) is 0. The van der Waals surface area contributed by atoms with Crippen LogP contribution in [0.5, 0.6) is 0 Å². The van der Waals surface area contributed by atoms with Gasteiger partial charge < -0.3 is 9.84 Å². The second-order valence-corrected chi connectivity index (χ2v) is 7.27. The van der Waals surface area contributed by atoms with Crippen LogP contribution < -0.4 is 0 Å². The number of ether oxygens (including phenoxy) is 1. The molecule has 7 heteroatoms. The Labute approximate surface area is 115 Å². The van der Waals surface area contributed by atoms with Crippen LogP contribution in [0.25, 0.3) is 0 Å². The molecule has 2 fully saturated rings. The topological polar surface area (TPSA) is 70.1 Å². The third kappa shape index (κ3) is 3.66. The average molecular weight is 292 g/mol. The summed E-state index contributed by atoms with van der Waals surface area (Å²) in [5, 5.41) is 9.22. The van der Waals surface area contributed by atoms with Crippen molar-refractivity contribution in [2.45, 2.75) is 31.7 Å². The minimum Gasteiger partial charge on any atom is -0.396 e. The standard InChI is InChI=1S/C12H24N2O4S/c1-18-8-7-14(12-4-5-12)19(16,17)13-6-2-3-11(9-13)10-15/h11-12,15H,2-10H2,1H3. The van der Waals surface area contributed by atoms with Crippen molar-refractivity contribution in [2.75, 3.05) is 40.0 Å². The summed E-state index contributed by atoms with van der Waals surface area (Å²) in [6.45, 7) is 1.91. The van der Waals surface area contributed by atoms with Gasteiger partial charge in [0.2, 0.25) is 0 Å². The number of aliphatic hydroxyl groups excluding tert-OH is 1. The molecule has 0 radical (unpaired) electrons. The van der Waals surface area contributed by atoms with Crippen molar-refractivity contribution in [1.29, 1.82) is 0 Å². The third-order valence-corrected chi connectivity index (χ3v) is 5.89. The molecule has 112 valence electrons. The van der Waals surface area contributed by atoms with Crippen molar-refractivity contribution in [3.63, 3.8) is 0 Å². The van der Waals surface area contributed by atoms with E-state index in [0.717, 1.165) is 25.7 Å². The number of hydrogen-bond donors (Lipinski definition) is 1. The van der Waals surface area contributed by atoms with Crippen molar-refractivity contribution in [1.82, 2.24) is 8.61 Å². The maximum absolute atomic E-state index is 12.6. The molecule has 2 rings (SSSR count). The van der Waals surface area contributed by atoms with Gasteiger partial charge in [-0.25, -0.2) is 0 Å². The first-order chi connectivity index (χ1) is 9.09. The Balaban J connectivity index is 2.05. The van der Waals surface area contributed by atoms with E-state index in [1.165, 1.54) is 4.31 Å². The van der Waals surface area contributed by atoms with E-state index >= 15 is 0 Å². The van der Waals surface area contributed by atoms with Gasteiger partial charge in [0.05, 0.1) is 6.61 Å². The Kier molecular flexibility index (Phi) is 5.19. The molecular weight excluding hydrogens is 268 g/mol. The zero-order chi connectivity index (χ0) is 13.9. The average Bonchev–Trinajstić information content (AvgIpc) is 3.23. The normalized spacial score (nSPS) is 25.9. The molecule has 6 nitrogen and oxygen atoms in total. The predicted octanol–water partition coefficient (Wildman–Crippen LogP) is 0.0463. The maximum atomic E-state index is 12.6. The largest absolute Gasteiger partial charge is 0.396 e. The first-order valence-corrected chi connectivity index (χ1v) is 8.36. The quantitative estimate of drug-likeness (QED) is 0.719. The fourth-order valence-corrected chi connectivity index (χ4v) is 4.51. The summed E-state index contributed by atoms with van der Waals surface area (Å²) in [7, 11) is -1.82. The number of nitrogens with zero attached hydrogens (tertiary/aromatic N) is 2. The zero-order valence-corrected chi connectivity index (χ0v) is 12.3. The molecular formula is C12H24N2O4S. The van der Waals surface area contributed by atoms with Gasteiger partial charge in [-0.1, -0.05) is 0 Å². The van der Waals surface area contributed by atoms with Crippen LogP contribution in [-0.4, -0.2) is 68.1 Å². The van der Waals surface area contributed by atoms with Crippen molar-refractivity contribution in [3.8, 4) is 0 Å². The molecule has 1 aliphatic carbocycles. The SMILES string of the molecule is COCCN(C1CC1)S(=O)(=O)N1CCCC(CO)C1. The fraction of sp³-hybridized carbons (Fsp3) is 1.00. The van der Waals surface area contributed by atoms with E-state index in [1.807, 2.05) is 0 Å². The van der Waals surface area contributed by atoms with E-state index in [9.17, 15) is 13.5 Å². The number of hydrogen-bond acceptors (Lipinski definition) is 4. The molecule has 0 aromatic heterocycles.